The Balaban J connectivity index is 1.37. The molecule has 3 aliphatic rings. The van der Waals surface area contributed by atoms with Gasteiger partial charge in [-0.1, -0.05) is 5.16 Å². The predicted molar refractivity (Wildman–Crippen MR) is 86.2 cm³/mol. The molecule has 1 saturated heterocycles. The number of fused-ring (bicyclic) bond motifs is 1. The van der Waals surface area contributed by atoms with Crippen molar-refractivity contribution in [3.05, 3.63) is 18.2 Å². The summed E-state index contributed by atoms with van der Waals surface area (Å²) in [5.74, 6) is 1.69. The van der Waals surface area contributed by atoms with E-state index in [4.69, 9.17) is 4.84 Å². The fourth-order valence-electron chi connectivity index (χ4n) is 3.94. The van der Waals surface area contributed by atoms with E-state index in [1.165, 1.54) is 5.71 Å². The van der Waals surface area contributed by atoms with Gasteiger partial charge in [-0.05, 0) is 39.5 Å². The number of hydrogen-bond acceptors (Lipinski definition) is 4. The van der Waals surface area contributed by atoms with Gasteiger partial charge in [0.2, 0.25) is 0 Å². The summed E-state index contributed by atoms with van der Waals surface area (Å²) < 4.78 is 1.97. The Kier molecular flexibility index (Phi) is 3.09. The van der Waals surface area contributed by atoms with Crippen LogP contribution in [-0.2, 0) is 4.84 Å². The van der Waals surface area contributed by atoms with E-state index in [2.05, 4.69) is 37.8 Å². The molecule has 124 valence electrons. The Hall–Kier alpha value is -1.85. The second-order valence-corrected chi connectivity index (χ2v) is 7.97. The van der Waals surface area contributed by atoms with Crippen LogP contribution in [0.1, 0.15) is 50.6 Å². The molecular formula is C17H24N4O2. The Morgan fingerprint density at radius 1 is 1.35 bits per heavy atom. The number of piperidine rings is 1. The van der Waals surface area contributed by atoms with Gasteiger partial charge in [0.15, 0.2) is 0 Å². The molecule has 6 heteroatoms. The summed E-state index contributed by atoms with van der Waals surface area (Å²) in [5, 5.41) is 4.28. The third-order valence-corrected chi connectivity index (χ3v) is 5.30. The van der Waals surface area contributed by atoms with E-state index in [1.807, 2.05) is 15.7 Å². The van der Waals surface area contributed by atoms with Gasteiger partial charge in [0.05, 0.1) is 12.0 Å². The number of carbonyl (C=O) groups is 1. The van der Waals surface area contributed by atoms with E-state index in [1.54, 1.807) is 6.33 Å². The first-order valence-corrected chi connectivity index (χ1v) is 8.43. The van der Waals surface area contributed by atoms with Crippen LogP contribution in [0.5, 0.6) is 0 Å². The molecule has 1 aliphatic carbocycles. The van der Waals surface area contributed by atoms with Crippen molar-refractivity contribution in [1.82, 2.24) is 14.5 Å². The van der Waals surface area contributed by atoms with Gasteiger partial charge < -0.3 is 14.3 Å². The van der Waals surface area contributed by atoms with Gasteiger partial charge >= 0.3 is 0 Å². The second-order valence-electron chi connectivity index (χ2n) is 7.97. The maximum atomic E-state index is 12.6. The molecule has 2 aliphatic heterocycles. The van der Waals surface area contributed by atoms with Crippen molar-refractivity contribution < 1.29 is 9.63 Å². The van der Waals surface area contributed by atoms with E-state index in [-0.39, 0.29) is 11.5 Å². The number of rotatable bonds is 3. The molecule has 3 heterocycles. The molecular weight excluding hydrogens is 292 g/mol. The first-order valence-electron chi connectivity index (χ1n) is 8.43. The average Bonchev–Trinajstić information content (AvgIpc) is 2.96. The molecule has 23 heavy (non-hydrogen) atoms. The fourth-order valence-corrected chi connectivity index (χ4v) is 3.94. The Morgan fingerprint density at radius 2 is 2.04 bits per heavy atom. The van der Waals surface area contributed by atoms with Crippen LogP contribution in [0.15, 0.2) is 17.7 Å². The van der Waals surface area contributed by atoms with Crippen molar-refractivity contribution in [3.63, 3.8) is 0 Å². The van der Waals surface area contributed by atoms with Crippen molar-refractivity contribution in [3.8, 4) is 0 Å². The normalized spacial score (nSPS) is 31.1. The molecule has 1 aromatic heterocycles. The molecule has 2 fully saturated rings. The zero-order valence-corrected chi connectivity index (χ0v) is 14.2. The van der Waals surface area contributed by atoms with E-state index in [0.29, 0.717) is 29.5 Å². The van der Waals surface area contributed by atoms with E-state index in [9.17, 15) is 4.79 Å². The summed E-state index contributed by atoms with van der Waals surface area (Å²) in [6, 6.07) is 0.323. The molecule has 1 amide bonds. The number of oxime groups is 1. The van der Waals surface area contributed by atoms with Crippen LogP contribution < -0.4 is 0 Å². The highest BCUT2D eigenvalue weighted by Gasteiger charge is 2.60. The molecule has 0 aromatic carbocycles. The van der Waals surface area contributed by atoms with Crippen LogP contribution in [0.2, 0.25) is 0 Å². The van der Waals surface area contributed by atoms with Gasteiger partial charge in [-0.3, -0.25) is 4.79 Å². The van der Waals surface area contributed by atoms with Gasteiger partial charge in [0.1, 0.15) is 11.3 Å². The van der Waals surface area contributed by atoms with Crippen molar-refractivity contribution in [2.75, 3.05) is 13.1 Å². The number of hydrogen-bond donors (Lipinski definition) is 0. The first kappa shape index (κ1) is 14.7. The monoisotopic (exact) mass is 316 g/mol. The zero-order valence-electron chi connectivity index (χ0n) is 14.2. The summed E-state index contributed by atoms with van der Waals surface area (Å²) in [6.45, 7) is 9.95. The van der Waals surface area contributed by atoms with Gasteiger partial charge in [0.25, 0.3) is 5.91 Å². The van der Waals surface area contributed by atoms with Crippen molar-refractivity contribution in [2.24, 2.45) is 22.9 Å². The van der Waals surface area contributed by atoms with Crippen LogP contribution in [0.4, 0.5) is 0 Å². The third-order valence-electron chi connectivity index (χ3n) is 5.30. The minimum atomic E-state index is -0.161. The third kappa shape index (κ3) is 2.44. The lowest BCUT2D eigenvalue weighted by molar-refractivity contribution is 0.0123. The van der Waals surface area contributed by atoms with Gasteiger partial charge in [0, 0.05) is 37.7 Å². The number of likely N-dealkylation sites (tertiary alicyclic amines) is 1. The minimum absolute atomic E-state index is 0.0558. The highest BCUT2D eigenvalue weighted by molar-refractivity contribution is 5.94. The lowest BCUT2D eigenvalue weighted by Gasteiger charge is -2.19. The smallest absolute Gasteiger partial charge is 0.274 e. The zero-order chi connectivity index (χ0) is 16.4. The summed E-state index contributed by atoms with van der Waals surface area (Å²) in [7, 11) is 0. The van der Waals surface area contributed by atoms with Crippen molar-refractivity contribution >= 4 is 11.6 Å². The predicted octanol–water partition coefficient (Wildman–Crippen LogP) is 2.34. The van der Waals surface area contributed by atoms with E-state index >= 15 is 0 Å². The van der Waals surface area contributed by atoms with Crippen LogP contribution in [-0.4, -0.2) is 44.8 Å². The van der Waals surface area contributed by atoms with Crippen LogP contribution in [0.3, 0.4) is 0 Å². The van der Waals surface area contributed by atoms with Crippen LogP contribution >= 0.6 is 0 Å². The molecule has 2 atom stereocenters. The van der Waals surface area contributed by atoms with E-state index < -0.39 is 0 Å². The highest BCUT2D eigenvalue weighted by atomic mass is 16.7. The number of nitrogens with zero attached hydrogens (tertiary/aromatic N) is 4. The average molecular weight is 316 g/mol. The molecule has 2 unspecified atom stereocenters. The molecule has 1 saturated carbocycles. The lowest BCUT2D eigenvalue weighted by atomic mass is 9.98. The molecule has 0 radical (unpaired) electrons. The van der Waals surface area contributed by atoms with Crippen molar-refractivity contribution in [2.45, 2.75) is 45.8 Å². The molecule has 0 spiro atoms. The Labute approximate surface area is 136 Å². The van der Waals surface area contributed by atoms with Crippen LogP contribution in [0, 0.1) is 17.8 Å². The number of imidazole rings is 1. The molecule has 1 aromatic rings. The maximum absolute atomic E-state index is 12.6. The largest absolute Gasteiger partial charge is 0.389 e. The lowest BCUT2D eigenvalue weighted by Crippen LogP contribution is -2.33. The molecule has 0 bridgehead atoms. The van der Waals surface area contributed by atoms with E-state index in [0.717, 1.165) is 19.5 Å². The highest BCUT2D eigenvalue weighted by Crippen LogP contribution is 2.54. The summed E-state index contributed by atoms with van der Waals surface area (Å²) in [6.07, 6.45) is 4.51. The maximum Gasteiger partial charge on any atom is 0.274 e. The minimum Gasteiger partial charge on any atom is -0.389 e. The number of amides is 1. The van der Waals surface area contributed by atoms with Gasteiger partial charge in [-0.25, -0.2) is 4.98 Å². The molecule has 4 rings (SSSR count). The standard InChI is InChI=1S/C17H24N4O2/c1-10(2)21-8-14(18-9-21)16(22)20-6-11-12(7-20)15(11)13-5-17(3,4)23-19-13/h8-12,15H,5-7H2,1-4H3. The van der Waals surface area contributed by atoms with Crippen molar-refractivity contribution in [1.29, 1.82) is 0 Å². The summed E-state index contributed by atoms with van der Waals surface area (Å²) in [4.78, 5) is 24.3. The number of carbonyl (C=O) groups excluding carboxylic acids is 1. The Morgan fingerprint density at radius 3 is 2.57 bits per heavy atom. The first-order chi connectivity index (χ1) is 10.9. The summed E-state index contributed by atoms with van der Waals surface area (Å²) >= 11 is 0. The topological polar surface area (TPSA) is 59.7 Å². The second kappa shape index (κ2) is 4.82. The fraction of sp³-hybridized carbons (Fsp3) is 0.706. The van der Waals surface area contributed by atoms with Gasteiger partial charge in [-0.2, -0.15) is 0 Å². The van der Waals surface area contributed by atoms with Gasteiger partial charge in [-0.15, -0.1) is 0 Å². The van der Waals surface area contributed by atoms with Crippen LogP contribution in [0.25, 0.3) is 0 Å². The SMILES string of the molecule is CC(C)n1cnc(C(=O)N2CC3C(C2)C3C2=NOC(C)(C)C2)c1. The quantitative estimate of drug-likeness (QED) is 0.860. The summed E-state index contributed by atoms with van der Waals surface area (Å²) in [5.41, 5.74) is 1.59. The molecule has 6 nitrogen and oxygen atoms in total. The molecule has 0 N–H and O–H groups in total. The Bertz CT molecular complexity index is 664. The number of aromatic nitrogens is 2.